The number of urea groups is 1. The number of aromatic nitrogens is 2. The highest BCUT2D eigenvalue weighted by atomic mass is 32.2. The Morgan fingerprint density at radius 3 is 2.37 bits per heavy atom. The first-order valence-corrected chi connectivity index (χ1v) is 12.7. The zero-order valence-corrected chi connectivity index (χ0v) is 20.7. The molecule has 0 radical (unpaired) electrons. The monoisotopic (exact) mass is 482 g/mol. The first kappa shape index (κ1) is 22.9. The second-order valence-electron chi connectivity index (χ2n) is 8.30. The number of anilines is 1. The largest absolute Gasteiger partial charge is 0.334 e. The summed E-state index contributed by atoms with van der Waals surface area (Å²) in [4.78, 5) is 20.9. The van der Waals surface area contributed by atoms with E-state index in [0.29, 0.717) is 11.7 Å². The van der Waals surface area contributed by atoms with Crippen molar-refractivity contribution in [2.24, 2.45) is 0 Å². The molecule has 1 aliphatic heterocycles. The Morgan fingerprint density at radius 1 is 1.00 bits per heavy atom. The lowest BCUT2D eigenvalue weighted by Crippen LogP contribution is -2.46. The summed E-state index contributed by atoms with van der Waals surface area (Å²) in [5.74, 6) is 0.892. The van der Waals surface area contributed by atoms with Gasteiger partial charge < -0.3 is 9.84 Å². The van der Waals surface area contributed by atoms with Crippen molar-refractivity contribution in [3.63, 3.8) is 0 Å². The van der Waals surface area contributed by atoms with Gasteiger partial charge in [-0.2, -0.15) is 4.98 Å². The van der Waals surface area contributed by atoms with Crippen LogP contribution in [0.25, 0.3) is 17.0 Å². The molecule has 1 aromatic heterocycles. The summed E-state index contributed by atoms with van der Waals surface area (Å²) in [5, 5.41) is 7.41. The summed E-state index contributed by atoms with van der Waals surface area (Å²) in [6.07, 6.45) is 2.98. The number of carbonyl (C=O) groups excluding carboxylic acids is 1. The number of rotatable bonds is 6. The predicted octanol–water partition coefficient (Wildman–Crippen LogP) is 6.72. The fraction of sp³-hybridized carbons (Fsp3) is 0.179. The molecule has 2 amide bonds. The SMILES string of the molecule is CCc1ccc(N2C(=O)NC(c3ccc(SC)cc3)C(c3nc(-c4ccccc4)no3)=C2C)cc1. The van der Waals surface area contributed by atoms with Gasteiger partial charge in [0.2, 0.25) is 5.82 Å². The van der Waals surface area contributed by atoms with Crippen LogP contribution in [0.4, 0.5) is 10.5 Å². The van der Waals surface area contributed by atoms with Gasteiger partial charge in [0, 0.05) is 16.2 Å². The number of hydrogen-bond donors (Lipinski definition) is 1. The zero-order valence-electron chi connectivity index (χ0n) is 19.9. The van der Waals surface area contributed by atoms with Gasteiger partial charge in [-0.15, -0.1) is 11.8 Å². The van der Waals surface area contributed by atoms with Gasteiger partial charge in [0.05, 0.1) is 17.3 Å². The minimum atomic E-state index is -0.423. The topological polar surface area (TPSA) is 71.3 Å². The first-order valence-electron chi connectivity index (χ1n) is 11.5. The number of hydrogen-bond acceptors (Lipinski definition) is 5. The van der Waals surface area contributed by atoms with Gasteiger partial charge in [-0.1, -0.05) is 66.7 Å². The van der Waals surface area contributed by atoms with Gasteiger partial charge in [0.15, 0.2) is 0 Å². The average Bonchev–Trinajstić information content (AvgIpc) is 3.39. The molecule has 0 saturated heterocycles. The summed E-state index contributed by atoms with van der Waals surface area (Å²) in [6.45, 7) is 4.04. The highest BCUT2D eigenvalue weighted by Gasteiger charge is 2.36. The van der Waals surface area contributed by atoms with Gasteiger partial charge in [-0.25, -0.2) is 4.79 Å². The van der Waals surface area contributed by atoms with E-state index in [4.69, 9.17) is 9.51 Å². The van der Waals surface area contributed by atoms with Gasteiger partial charge >= 0.3 is 6.03 Å². The van der Waals surface area contributed by atoms with Crippen molar-refractivity contribution < 1.29 is 9.32 Å². The van der Waals surface area contributed by atoms with Gasteiger partial charge in [0.25, 0.3) is 5.89 Å². The molecule has 1 atom stereocenters. The molecule has 0 spiro atoms. The third-order valence-corrected chi connectivity index (χ3v) is 6.97. The van der Waals surface area contributed by atoms with E-state index in [1.54, 1.807) is 16.7 Å². The van der Waals surface area contributed by atoms with Crippen LogP contribution in [0.2, 0.25) is 0 Å². The molecule has 0 fully saturated rings. The number of thioether (sulfide) groups is 1. The van der Waals surface area contributed by atoms with Crippen molar-refractivity contribution in [1.82, 2.24) is 15.5 Å². The summed E-state index contributed by atoms with van der Waals surface area (Å²) in [7, 11) is 0. The Labute approximate surface area is 209 Å². The lowest BCUT2D eigenvalue weighted by molar-refractivity contribution is 0.244. The molecular formula is C28H26N4O2S. The molecule has 1 unspecified atom stereocenters. The summed E-state index contributed by atoms with van der Waals surface area (Å²) in [5.41, 5.74) is 5.34. The molecule has 6 nitrogen and oxygen atoms in total. The number of nitrogens with one attached hydrogen (secondary N) is 1. The van der Waals surface area contributed by atoms with Gasteiger partial charge in [-0.05, 0) is 55.0 Å². The van der Waals surface area contributed by atoms with E-state index in [1.807, 2.05) is 79.9 Å². The van der Waals surface area contributed by atoms with Gasteiger partial charge in [-0.3, -0.25) is 4.90 Å². The van der Waals surface area contributed by atoms with Crippen LogP contribution in [0.1, 0.15) is 36.9 Å². The molecule has 35 heavy (non-hydrogen) atoms. The molecule has 4 aromatic rings. The summed E-state index contributed by atoms with van der Waals surface area (Å²) >= 11 is 1.68. The zero-order chi connectivity index (χ0) is 24.4. The fourth-order valence-corrected chi connectivity index (χ4v) is 4.70. The molecule has 0 aliphatic carbocycles. The van der Waals surface area contributed by atoms with E-state index in [9.17, 15) is 4.79 Å². The van der Waals surface area contributed by atoms with Crippen molar-refractivity contribution in [2.75, 3.05) is 11.2 Å². The number of nitrogens with zero attached hydrogens (tertiary/aromatic N) is 3. The second kappa shape index (κ2) is 9.80. The molecule has 1 N–H and O–H groups in total. The number of carbonyl (C=O) groups is 1. The van der Waals surface area contributed by atoms with Crippen LogP contribution in [0.3, 0.4) is 0 Å². The molecule has 0 saturated carbocycles. The van der Waals surface area contributed by atoms with E-state index in [1.165, 1.54) is 5.56 Å². The Bertz CT molecular complexity index is 1360. The quantitative estimate of drug-likeness (QED) is 0.309. The highest BCUT2D eigenvalue weighted by Crippen LogP contribution is 2.39. The van der Waals surface area contributed by atoms with Crippen molar-refractivity contribution in [3.05, 3.63) is 102 Å². The lowest BCUT2D eigenvalue weighted by Gasteiger charge is -2.35. The summed E-state index contributed by atoms with van der Waals surface area (Å²) < 4.78 is 5.78. The maximum atomic E-state index is 13.4. The van der Waals surface area contributed by atoms with E-state index in [-0.39, 0.29) is 6.03 Å². The molecule has 7 heteroatoms. The molecule has 2 heterocycles. The standard InChI is InChI=1S/C28H26N4O2S/c1-4-19-10-14-22(15-11-19)32-18(2)24(27-30-26(31-34-27)21-8-6-5-7-9-21)25(29-28(32)33)20-12-16-23(35-3)17-13-20/h5-17,25H,4H2,1-3H3,(H,29,33). The number of aryl methyl sites for hydroxylation is 1. The number of allylic oxidation sites excluding steroid dienone is 1. The van der Waals surface area contributed by atoms with Crippen molar-refractivity contribution >= 4 is 29.1 Å². The highest BCUT2D eigenvalue weighted by molar-refractivity contribution is 7.98. The van der Waals surface area contributed by atoms with Gasteiger partial charge in [0.1, 0.15) is 0 Å². The van der Waals surface area contributed by atoms with Crippen LogP contribution >= 0.6 is 11.8 Å². The third-order valence-electron chi connectivity index (χ3n) is 6.23. The summed E-state index contributed by atoms with van der Waals surface area (Å²) in [6, 6.07) is 25.3. The van der Waals surface area contributed by atoms with Crippen LogP contribution in [0.15, 0.2) is 94.0 Å². The number of amides is 2. The Balaban J connectivity index is 1.63. The predicted molar refractivity (Wildman–Crippen MR) is 140 cm³/mol. The van der Waals surface area contributed by atoms with Crippen molar-refractivity contribution in [3.8, 4) is 11.4 Å². The minimum Gasteiger partial charge on any atom is -0.334 e. The molecular weight excluding hydrogens is 456 g/mol. The first-order chi connectivity index (χ1) is 17.1. The minimum absolute atomic E-state index is 0.197. The van der Waals surface area contributed by atoms with Crippen LogP contribution in [0, 0.1) is 0 Å². The fourth-order valence-electron chi connectivity index (χ4n) is 4.30. The third kappa shape index (κ3) is 4.47. The Morgan fingerprint density at radius 2 is 1.71 bits per heavy atom. The molecule has 0 bridgehead atoms. The molecule has 176 valence electrons. The van der Waals surface area contributed by atoms with Crippen LogP contribution in [0.5, 0.6) is 0 Å². The van der Waals surface area contributed by atoms with E-state index >= 15 is 0 Å². The smallest absolute Gasteiger partial charge is 0.326 e. The number of benzene rings is 3. The lowest BCUT2D eigenvalue weighted by atomic mass is 9.94. The molecule has 3 aromatic carbocycles. The maximum Gasteiger partial charge on any atom is 0.326 e. The van der Waals surface area contributed by atoms with Crippen molar-refractivity contribution in [1.29, 1.82) is 0 Å². The Kier molecular flexibility index (Phi) is 6.42. The second-order valence-corrected chi connectivity index (χ2v) is 9.18. The maximum absolute atomic E-state index is 13.4. The normalized spacial score (nSPS) is 15.9. The van der Waals surface area contributed by atoms with E-state index in [0.717, 1.165) is 39.4 Å². The van der Waals surface area contributed by atoms with E-state index < -0.39 is 6.04 Å². The molecule has 5 rings (SSSR count). The Hall–Kier alpha value is -3.84. The van der Waals surface area contributed by atoms with Crippen LogP contribution in [-0.2, 0) is 6.42 Å². The average molecular weight is 483 g/mol. The van der Waals surface area contributed by atoms with Crippen LogP contribution in [-0.4, -0.2) is 22.4 Å². The van der Waals surface area contributed by atoms with Crippen LogP contribution < -0.4 is 10.2 Å². The van der Waals surface area contributed by atoms with Crippen molar-refractivity contribution in [2.45, 2.75) is 31.2 Å². The molecule has 1 aliphatic rings. The van der Waals surface area contributed by atoms with E-state index in [2.05, 4.69) is 29.5 Å².